The van der Waals surface area contributed by atoms with E-state index in [-0.39, 0.29) is 0 Å². The van der Waals surface area contributed by atoms with Crippen LogP contribution >= 0.6 is 0 Å². The van der Waals surface area contributed by atoms with E-state index in [1.807, 2.05) is 60.0 Å². The number of benzene rings is 2. The molecule has 0 amide bonds. The largest absolute Gasteiger partial charge is 0.478 e. The molecule has 122 valence electrons. The number of rotatable bonds is 5. The van der Waals surface area contributed by atoms with Gasteiger partial charge < -0.3 is 5.11 Å². The standard InChI is InChI=1S/C20H20N2O2/c1-3-14-9-11-15(12-10-14)19(16(4-2)20(23)24)22-13-21-17-7-5-6-8-18(17)22/h5-13H,3-4H2,1-2H3,(H,23,24)/b19-16-. The molecule has 0 atom stereocenters. The van der Waals surface area contributed by atoms with E-state index >= 15 is 0 Å². The first kappa shape index (κ1) is 16.0. The van der Waals surface area contributed by atoms with Crippen LogP contribution < -0.4 is 0 Å². The summed E-state index contributed by atoms with van der Waals surface area (Å²) < 4.78 is 1.88. The van der Waals surface area contributed by atoms with E-state index in [2.05, 4.69) is 11.9 Å². The maximum Gasteiger partial charge on any atom is 0.333 e. The molecule has 0 aliphatic heterocycles. The van der Waals surface area contributed by atoms with Crippen molar-refractivity contribution >= 4 is 22.7 Å². The van der Waals surface area contributed by atoms with Crippen LogP contribution in [0.3, 0.4) is 0 Å². The normalized spacial score (nSPS) is 12.2. The van der Waals surface area contributed by atoms with Crippen LogP contribution in [0.15, 0.2) is 60.4 Å². The summed E-state index contributed by atoms with van der Waals surface area (Å²) in [7, 11) is 0. The number of hydrogen-bond acceptors (Lipinski definition) is 2. The number of fused-ring (bicyclic) bond motifs is 1. The zero-order valence-electron chi connectivity index (χ0n) is 13.9. The van der Waals surface area contributed by atoms with Gasteiger partial charge in [0, 0.05) is 0 Å². The van der Waals surface area contributed by atoms with E-state index in [1.54, 1.807) is 6.33 Å². The summed E-state index contributed by atoms with van der Waals surface area (Å²) in [6.45, 7) is 3.97. The number of hydrogen-bond donors (Lipinski definition) is 1. The highest BCUT2D eigenvalue weighted by atomic mass is 16.4. The van der Waals surface area contributed by atoms with Gasteiger partial charge in [-0.3, -0.25) is 4.57 Å². The summed E-state index contributed by atoms with van der Waals surface area (Å²) in [6, 6.07) is 15.8. The number of imidazole rings is 1. The van der Waals surface area contributed by atoms with Crippen molar-refractivity contribution in [3.05, 3.63) is 71.6 Å². The third-order valence-electron chi connectivity index (χ3n) is 4.23. The molecular weight excluding hydrogens is 300 g/mol. The van der Waals surface area contributed by atoms with Gasteiger partial charge in [0.05, 0.1) is 22.3 Å². The fraction of sp³-hybridized carbons (Fsp3) is 0.200. The average Bonchev–Trinajstić information content (AvgIpc) is 3.03. The molecule has 24 heavy (non-hydrogen) atoms. The van der Waals surface area contributed by atoms with E-state index in [0.717, 1.165) is 23.0 Å². The first-order chi connectivity index (χ1) is 11.7. The maximum atomic E-state index is 11.8. The van der Waals surface area contributed by atoms with Crippen LogP contribution in [-0.4, -0.2) is 20.6 Å². The third kappa shape index (κ3) is 2.83. The minimum Gasteiger partial charge on any atom is -0.478 e. The van der Waals surface area contributed by atoms with Gasteiger partial charge in [0.25, 0.3) is 0 Å². The highest BCUT2D eigenvalue weighted by Gasteiger charge is 2.18. The Labute approximate surface area is 141 Å². The second-order valence-corrected chi connectivity index (χ2v) is 5.64. The van der Waals surface area contributed by atoms with Crippen LogP contribution in [0, 0.1) is 0 Å². The minimum absolute atomic E-state index is 0.377. The molecule has 1 heterocycles. The Morgan fingerprint density at radius 1 is 1.08 bits per heavy atom. The highest BCUT2D eigenvalue weighted by Crippen LogP contribution is 2.27. The summed E-state index contributed by atoms with van der Waals surface area (Å²) >= 11 is 0. The van der Waals surface area contributed by atoms with Crippen molar-refractivity contribution in [2.75, 3.05) is 0 Å². The van der Waals surface area contributed by atoms with E-state index in [9.17, 15) is 9.90 Å². The molecular formula is C20H20N2O2. The summed E-state index contributed by atoms with van der Waals surface area (Å²) in [4.78, 5) is 16.2. The number of carbonyl (C=O) groups is 1. The predicted molar refractivity (Wildman–Crippen MR) is 95.8 cm³/mol. The van der Waals surface area contributed by atoms with Gasteiger partial charge in [-0.05, 0) is 36.1 Å². The Balaban J connectivity index is 2.28. The third-order valence-corrected chi connectivity index (χ3v) is 4.23. The lowest BCUT2D eigenvalue weighted by molar-refractivity contribution is -0.132. The minimum atomic E-state index is -0.898. The fourth-order valence-corrected chi connectivity index (χ4v) is 2.91. The Morgan fingerprint density at radius 2 is 1.79 bits per heavy atom. The molecule has 2 aromatic carbocycles. The van der Waals surface area contributed by atoms with Crippen LogP contribution in [0.4, 0.5) is 0 Å². The lowest BCUT2D eigenvalue weighted by Crippen LogP contribution is -2.09. The number of nitrogens with zero attached hydrogens (tertiary/aromatic N) is 2. The van der Waals surface area contributed by atoms with Crippen molar-refractivity contribution in [3.8, 4) is 0 Å². The highest BCUT2D eigenvalue weighted by molar-refractivity contribution is 5.98. The summed E-state index contributed by atoms with van der Waals surface area (Å²) in [6.07, 6.45) is 3.09. The molecule has 0 unspecified atom stereocenters. The Bertz CT molecular complexity index is 905. The zero-order chi connectivity index (χ0) is 17.1. The fourth-order valence-electron chi connectivity index (χ4n) is 2.91. The summed E-state index contributed by atoms with van der Waals surface area (Å²) in [5, 5.41) is 9.69. The number of carboxylic acid groups (broad SMARTS) is 1. The smallest absolute Gasteiger partial charge is 0.333 e. The molecule has 4 nitrogen and oxygen atoms in total. The van der Waals surface area contributed by atoms with Gasteiger partial charge in [-0.15, -0.1) is 0 Å². The lowest BCUT2D eigenvalue weighted by atomic mass is 10.0. The first-order valence-corrected chi connectivity index (χ1v) is 8.13. The molecule has 0 aliphatic rings. The van der Waals surface area contributed by atoms with Crippen LogP contribution in [0.5, 0.6) is 0 Å². The van der Waals surface area contributed by atoms with Crippen LogP contribution in [0.2, 0.25) is 0 Å². The van der Waals surface area contributed by atoms with Gasteiger partial charge in [0.2, 0.25) is 0 Å². The average molecular weight is 320 g/mol. The molecule has 3 aromatic rings. The van der Waals surface area contributed by atoms with Crippen molar-refractivity contribution in [2.45, 2.75) is 26.7 Å². The van der Waals surface area contributed by atoms with Crippen molar-refractivity contribution < 1.29 is 9.90 Å². The topological polar surface area (TPSA) is 55.1 Å². The quantitative estimate of drug-likeness (QED) is 0.711. The van der Waals surface area contributed by atoms with Crippen molar-refractivity contribution in [3.63, 3.8) is 0 Å². The Hall–Kier alpha value is -2.88. The second-order valence-electron chi connectivity index (χ2n) is 5.64. The van der Waals surface area contributed by atoms with Crippen LogP contribution in [0.25, 0.3) is 16.7 Å². The number of para-hydroxylation sites is 2. The molecule has 3 rings (SSSR count). The number of aryl methyl sites for hydroxylation is 1. The molecule has 0 bridgehead atoms. The summed E-state index contributed by atoms with van der Waals surface area (Å²) in [5.41, 5.74) is 4.92. The number of aromatic nitrogens is 2. The van der Waals surface area contributed by atoms with Crippen molar-refractivity contribution in [1.82, 2.24) is 9.55 Å². The molecule has 0 fully saturated rings. The second kappa shape index (κ2) is 6.71. The van der Waals surface area contributed by atoms with E-state index in [1.165, 1.54) is 5.56 Å². The predicted octanol–water partition coefficient (Wildman–Crippen LogP) is 4.35. The lowest BCUT2D eigenvalue weighted by Gasteiger charge is -2.15. The summed E-state index contributed by atoms with van der Waals surface area (Å²) in [5.74, 6) is -0.898. The molecule has 1 aromatic heterocycles. The van der Waals surface area contributed by atoms with E-state index < -0.39 is 5.97 Å². The van der Waals surface area contributed by atoms with E-state index in [4.69, 9.17) is 0 Å². The number of carboxylic acids is 1. The SMILES string of the molecule is CC/C(C(=O)O)=C(\c1ccc(CC)cc1)n1cnc2ccccc21. The van der Waals surface area contributed by atoms with Crippen LogP contribution in [0.1, 0.15) is 31.4 Å². The monoisotopic (exact) mass is 320 g/mol. The van der Waals surface area contributed by atoms with E-state index in [0.29, 0.717) is 17.7 Å². The van der Waals surface area contributed by atoms with Gasteiger partial charge in [0.1, 0.15) is 6.33 Å². The molecule has 4 heteroatoms. The first-order valence-electron chi connectivity index (χ1n) is 8.13. The van der Waals surface area contributed by atoms with Gasteiger partial charge in [0.15, 0.2) is 0 Å². The van der Waals surface area contributed by atoms with Gasteiger partial charge in [-0.1, -0.05) is 50.2 Å². The maximum absolute atomic E-state index is 11.8. The Morgan fingerprint density at radius 3 is 2.42 bits per heavy atom. The van der Waals surface area contributed by atoms with Crippen LogP contribution in [-0.2, 0) is 11.2 Å². The molecule has 1 N–H and O–H groups in total. The Kier molecular flexibility index (Phi) is 4.47. The van der Waals surface area contributed by atoms with Crippen molar-refractivity contribution in [1.29, 1.82) is 0 Å². The number of aliphatic carboxylic acids is 1. The zero-order valence-corrected chi connectivity index (χ0v) is 13.9. The molecule has 0 radical (unpaired) electrons. The molecule has 0 saturated heterocycles. The van der Waals surface area contributed by atoms with Gasteiger partial charge in [-0.2, -0.15) is 0 Å². The van der Waals surface area contributed by atoms with Gasteiger partial charge >= 0.3 is 5.97 Å². The van der Waals surface area contributed by atoms with Crippen molar-refractivity contribution in [2.24, 2.45) is 0 Å². The molecule has 0 spiro atoms. The van der Waals surface area contributed by atoms with Gasteiger partial charge in [-0.25, -0.2) is 9.78 Å². The molecule has 0 aliphatic carbocycles. The molecule has 0 saturated carbocycles.